The summed E-state index contributed by atoms with van der Waals surface area (Å²) in [7, 11) is 0. The molecule has 1 atom stereocenters. The number of nitrogens with one attached hydrogen (secondary N) is 2. The smallest absolute Gasteiger partial charge is 0.367 e. The molecule has 1 aromatic carbocycles. The van der Waals surface area contributed by atoms with Crippen LogP contribution in [0.15, 0.2) is 24.3 Å². The number of halogens is 3. The van der Waals surface area contributed by atoms with Gasteiger partial charge in [-0.15, -0.1) is 0 Å². The van der Waals surface area contributed by atoms with Crippen LogP contribution in [0.1, 0.15) is 18.1 Å². The Morgan fingerprint density at radius 2 is 1.91 bits per heavy atom. The van der Waals surface area contributed by atoms with Crippen molar-refractivity contribution in [3.63, 3.8) is 0 Å². The van der Waals surface area contributed by atoms with E-state index in [0.717, 1.165) is 18.7 Å². The number of hydrogen-bond donors (Lipinski definition) is 2. The van der Waals surface area contributed by atoms with Gasteiger partial charge in [-0.2, -0.15) is 13.2 Å². The number of amides is 1. The Bertz CT molecular complexity index is 513. The van der Waals surface area contributed by atoms with E-state index in [9.17, 15) is 18.0 Å². The molecule has 2 N–H and O–H groups in total. The van der Waals surface area contributed by atoms with Gasteiger partial charge in [0.2, 0.25) is 5.91 Å². The van der Waals surface area contributed by atoms with Crippen molar-refractivity contribution in [1.82, 2.24) is 10.6 Å². The summed E-state index contributed by atoms with van der Waals surface area (Å²) in [5, 5.41) is 6.02. The van der Waals surface area contributed by atoms with E-state index in [1.807, 2.05) is 6.92 Å². The zero-order chi connectivity index (χ0) is 16.9. The largest absolute Gasteiger partial charge is 0.411 e. The summed E-state index contributed by atoms with van der Waals surface area (Å²) < 4.78 is 40.5. The molecule has 1 amide bonds. The quantitative estimate of drug-likeness (QED) is 0.806. The van der Waals surface area contributed by atoms with E-state index in [4.69, 9.17) is 0 Å². The van der Waals surface area contributed by atoms with E-state index in [1.54, 1.807) is 24.3 Å². The topological polar surface area (TPSA) is 50.4 Å². The first-order chi connectivity index (χ1) is 10.8. The lowest BCUT2D eigenvalue weighted by atomic mass is 9.88. The lowest BCUT2D eigenvalue weighted by Crippen LogP contribution is -2.49. The Balaban J connectivity index is 1.73. The fraction of sp³-hybridized carbons (Fsp3) is 0.562. The Morgan fingerprint density at radius 1 is 1.30 bits per heavy atom. The first-order valence-corrected chi connectivity index (χ1v) is 7.56. The van der Waals surface area contributed by atoms with Crippen LogP contribution in [0, 0.1) is 11.8 Å². The molecule has 1 aromatic rings. The number of hydrogen-bond acceptors (Lipinski definition) is 3. The van der Waals surface area contributed by atoms with Crippen LogP contribution in [0.3, 0.4) is 0 Å². The summed E-state index contributed by atoms with van der Waals surface area (Å²) >= 11 is 0. The van der Waals surface area contributed by atoms with E-state index >= 15 is 0 Å². The number of rotatable bonds is 7. The highest BCUT2D eigenvalue weighted by atomic mass is 19.4. The standard InChI is InChI=1S/C16H21F3N2O2/c1-11(14-7-20-8-14)15(22)21-6-12-2-4-13(5-3-12)9-23-10-16(17,18)19/h2-5,11,14,20H,6-10H2,1H3,(H,21,22). The summed E-state index contributed by atoms with van der Waals surface area (Å²) in [4.78, 5) is 12.0. The van der Waals surface area contributed by atoms with Crippen molar-refractivity contribution in [2.24, 2.45) is 11.8 Å². The van der Waals surface area contributed by atoms with Gasteiger partial charge in [0.15, 0.2) is 0 Å². The zero-order valence-electron chi connectivity index (χ0n) is 13.0. The summed E-state index contributed by atoms with van der Waals surface area (Å²) in [6, 6.07) is 6.97. The van der Waals surface area contributed by atoms with Crippen LogP contribution < -0.4 is 10.6 Å². The lowest BCUT2D eigenvalue weighted by Gasteiger charge is -2.31. The summed E-state index contributed by atoms with van der Waals surface area (Å²) in [6.07, 6.45) is -4.31. The molecule has 128 valence electrons. The van der Waals surface area contributed by atoms with Crippen LogP contribution in [-0.2, 0) is 22.7 Å². The van der Waals surface area contributed by atoms with Gasteiger partial charge >= 0.3 is 6.18 Å². The minimum atomic E-state index is -4.31. The van der Waals surface area contributed by atoms with Crippen LogP contribution in [-0.4, -0.2) is 31.8 Å². The maximum Gasteiger partial charge on any atom is 0.411 e. The van der Waals surface area contributed by atoms with Crippen LogP contribution in [0.5, 0.6) is 0 Å². The molecule has 0 bridgehead atoms. The third-order valence-electron chi connectivity index (χ3n) is 3.96. The molecule has 1 saturated heterocycles. The van der Waals surface area contributed by atoms with Crippen LogP contribution in [0.2, 0.25) is 0 Å². The Hall–Kier alpha value is -1.60. The molecule has 1 fully saturated rings. The Kier molecular flexibility index (Phi) is 6.01. The SMILES string of the molecule is CC(C(=O)NCc1ccc(COCC(F)(F)F)cc1)C1CNC1. The van der Waals surface area contributed by atoms with E-state index in [2.05, 4.69) is 15.4 Å². The van der Waals surface area contributed by atoms with Crippen molar-refractivity contribution in [3.05, 3.63) is 35.4 Å². The molecule has 0 saturated carbocycles. The van der Waals surface area contributed by atoms with Crippen LogP contribution >= 0.6 is 0 Å². The predicted molar refractivity (Wildman–Crippen MR) is 79.5 cm³/mol. The molecular weight excluding hydrogens is 309 g/mol. The molecule has 1 heterocycles. The van der Waals surface area contributed by atoms with Gasteiger partial charge in [0.05, 0.1) is 6.61 Å². The van der Waals surface area contributed by atoms with Gasteiger partial charge in [0, 0.05) is 12.5 Å². The van der Waals surface area contributed by atoms with Gasteiger partial charge in [-0.25, -0.2) is 0 Å². The van der Waals surface area contributed by atoms with Gasteiger partial charge in [-0.05, 0) is 30.1 Å². The summed E-state index contributed by atoms with van der Waals surface area (Å²) in [5.41, 5.74) is 1.56. The number of ether oxygens (including phenoxy) is 1. The van der Waals surface area contributed by atoms with Crippen molar-refractivity contribution in [2.45, 2.75) is 26.3 Å². The Labute approximate surface area is 133 Å². The molecule has 7 heteroatoms. The van der Waals surface area contributed by atoms with Crippen molar-refractivity contribution in [1.29, 1.82) is 0 Å². The molecule has 2 rings (SSSR count). The minimum Gasteiger partial charge on any atom is -0.367 e. The fourth-order valence-corrected chi connectivity index (χ4v) is 2.27. The van der Waals surface area contributed by atoms with Gasteiger partial charge in [-0.3, -0.25) is 4.79 Å². The van der Waals surface area contributed by atoms with Crippen molar-refractivity contribution in [2.75, 3.05) is 19.7 Å². The molecule has 1 unspecified atom stereocenters. The van der Waals surface area contributed by atoms with Crippen LogP contribution in [0.4, 0.5) is 13.2 Å². The average molecular weight is 330 g/mol. The van der Waals surface area contributed by atoms with E-state index in [1.165, 1.54) is 0 Å². The van der Waals surface area contributed by atoms with Gasteiger partial charge in [-0.1, -0.05) is 31.2 Å². The lowest BCUT2D eigenvalue weighted by molar-refractivity contribution is -0.176. The molecule has 0 radical (unpaired) electrons. The number of carbonyl (C=O) groups is 1. The molecule has 1 aliphatic rings. The number of benzene rings is 1. The summed E-state index contributed by atoms with van der Waals surface area (Å²) in [6.45, 7) is 2.74. The maximum atomic E-state index is 12.0. The monoisotopic (exact) mass is 330 g/mol. The maximum absolute atomic E-state index is 12.0. The fourth-order valence-electron chi connectivity index (χ4n) is 2.27. The second kappa shape index (κ2) is 7.79. The number of carbonyl (C=O) groups excluding carboxylic acids is 1. The van der Waals surface area contributed by atoms with E-state index in [0.29, 0.717) is 18.0 Å². The first-order valence-electron chi connectivity index (χ1n) is 7.56. The third kappa shape index (κ3) is 5.84. The van der Waals surface area contributed by atoms with E-state index < -0.39 is 12.8 Å². The van der Waals surface area contributed by atoms with Gasteiger partial charge < -0.3 is 15.4 Å². The molecule has 0 aromatic heterocycles. The second-order valence-corrected chi connectivity index (χ2v) is 5.85. The normalized spacial score (nSPS) is 16.7. The second-order valence-electron chi connectivity index (χ2n) is 5.85. The van der Waals surface area contributed by atoms with Crippen molar-refractivity contribution < 1.29 is 22.7 Å². The predicted octanol–water partition coefficient (Wildman–Crippen LogP) is 2.24. The molecule has 23 heavy (non-hydrogen) atoms. The van der Waals surface area contributed by atoms with E-state index in [-0.39, 0.29) is 18.4 Å². The third-order valence-corrected chi connectivity index (χ3v) is 3.96. The zero-order valence-corrected chi connectivity index (χ0v) is 13.0. The van der Waals surface area contributed by atoms with Crippen LogP contribution in [0.25, 0.3) is 0 Å². The molecule has 0 spiro atoms. The number of alkyl halides is 3. The van der Waals surface area contributed by atoms with Gasteiger partial charge in [0.25, 0.3) is 0 Å². The average Bonchev–Trinajstić information content (AvgIpc) is 2.43. The molecule has 4 nitrogen and oxygen atoms in total. The molecular formula is C16H21F3N2O2. The molecule has 0 aliphatic carbocycles. The van der Waals surface area contributed by atoms with Crippen molar-refractivity contribution >= 4 is 5.91 Å². The Morgan fingerprint density at radius 3 is 2.43 bits per heavy atom. The van der Waals surface area contributed by atoms with Gasteiger partial charge in [0.1, 0.15) is 6.61 Å². The van der Waals surface area contributed by atoms with Crippen molar-refractivity contribution in [3.8, 4) is 0 Å². The first kappa shape index (κ1) is 17.7. The minimum absolute atomic E-state index is 0.0220. The highest BCUT2D eigenvalue weighted by Crippen LogP contribution is 2.17. The molecule has 1 aliphatic heterocycles. The summed E-state index contributed by atoms with van der Waals surface area (Å²) in [5.74, 6) is 0.392. The highest BCUT2D eigenvalue weighted by Gasteiger charge is 2.28. The highest BCUT2D eigenvalue weighted by molar-refractivity contribution is 5.78.